The number of furan rings is 1. The van der Waals surface area contributed by atoms with Crippen LogP contribution < -0.4 is 5.11 Å². The number of quaternary nitrogens is 1. The molecule has 3 aliphatic rings. The summed E-state index contributed by atoms with van der Waals surface area (Å²) >= 11 is 1.65. The van der Waals surface area contributed by atoms with Crippen molar-refractivity contribution in [1.29, 1.82) is 0 Å². The zero-order valence-electron chi connectivity index (χ0n) is 18.5. The highest BCUT2D eigenvalue weighted by molar-refractivity contribution is 7.09. The zero-order valence-corrected chi connectivity index (χ0v) is 19.3. The summed E-state index contributed by atoms with van der Waals surface area (Å²) in [7, 11) is 0. The zero-order chi connectivity index (χ0) is 22.8. The number of hydrogen-bond acceptors (Lipinski definition) is 7. The maximum atomic E-state index is 13.1. The van der Waals surface area contributed by atoms with Gasteiger partial charge >= 0.3 is 6.09 Å². The number of carbonyl (C=O) groups excluding carboxylic acids is 2. The van der Waals surface area contributed by atoms with E-state index in [1.807, 2.05) is 30.5 Å². The highest BCUT2D eigenvalue weighted by atomic mass is 32.1. The van der Waals surface area contributed by atoms with E-state index in [-0.39, 0.29) is 12.2 Å². The number of amides is 1. The monoisotopic (exact) mass is 464 g/mol. The molecule has 8 nitrogen and oxygen atoms in total. The van der Waals surface area contributed by atoms with E-state index in [1.165, 1.54) is 13.1 Å². The molecular formula is C23H32N2O6S. The van der Waals surface area contributed by atoms with Gasteiger partial charge in [-0.3, -0.25) is 4.90 Å². The van der Waals surface area contributed by atoms with Gasteiger partial charge in [-0.2, -0.15) is 0 Å². The maximum Gasteiger partial charge on any atom is 0.411 e. The van der Waals surface area contributed by atoms with Crippen LogP contribution in [0.5, 0.6) is 0 Å². The van der Waals surface area contributed by atoms with E-state index in [2.05, 4.69) is 6.07 Å². The number of piperidine rings is 3. The Morgan fingerprint density at radius 3 is 2.72 bits per heavy atom. The van der Waals surface area contributed by atoms with Crippen LogP contribution in [-0.2, 0) is 27.4 Å². The Bertz CT molecular complexity index is 766. The fraction of sp³-hybridized carbons (Fsp3) is 0.565. The SMILES string of the molecule is CCOCC[N+]12CCC(CC1)[C@@H](OC(=O)N(Cc1ccco1)Cc1cccs1)C2.O=C[O-]. The largest absolute Gasteiger partial charge is 0.554 e. The minimum atomic E-state index is -0.500. The van der Waals surface area contributed by atoms with Crippen LogP contribution in [0.3, 0.4) is 0 Å². The summed E-state index contributed by atoms with van der Waals surface area (Å²) in [5.41, 5.74) is 0. The third-order valence-corrected chi connectivity index (χ3v) is 7.18. The van der Waals surface area contributed by atoms with Gasteiger partial charge in [-0.1, -0.05) is 6.07 Å². The van der Waals surface area contributed by atoms with Crippen molar-refractivity contribution < 1.29 is 33.1 Å². The molecule has 0 aliphatic carbocycles. The maximum absolute atomic E-state index is 13.1. The highest BCUT2D eigenvalue weighted by Gasteiger charge is 2.47. The molecule has 3 aliphatic heterocycles. The Morgan fingerprint density at radius 2 is 2.09 bits per heavy atom. The van der Waals surface area contributed by atoms with Gasteiger partial charge in [0.05, 0.1) is 39.0 Å². The summed E-state index contributed by atoms with van der Waals surface area (Å²) in [6, 6.07) is 7.81. The molecule has 3 saturated heterocycles. The van der Waals surface area contributed by atoms with Gasteiger partial charge in [-0.05, 0) is 30.5 Å². The molecule has 2 aromatic rings. The van der Waals surface area contributed by atoms with Crippen molar-refractivity contribution >= 4 is 23.9 Å². The normalized spacial score (nSPS) is 23.8. The van der Waals surface area contributed by atoms with Gasteiger partial charge in [-0.25, -0.2) is 4.79 Å². The molecular weight excluding hydrogens is 432 g/mol. The number of rotatable bonds is 9. The predicted octanol–water partition coefficient (Wildman–Crippen LogP) is 2.49. The van der Waals surface area contributed by atoms with E-state index >= 15 is 0 Å². The van der Waals surface area contributed by atoms with Crippen LogP contribution in [0, 0.1) is 5.92 Å². The topological polar surface area (TPSA) is 92.0 Å². The van der Waals surface area contributed by atoms with Crippen LogP contribution in [0.25, 0.3) is 0 Å². The molecule has 5 rings (SSSR count). The van der Waals surface area contributed by atoms with E-state index in [4.69, 9.17) is 23.8 Å². The predicted molar refractivity (Wildman–Crippen MR) is 118 cm³/mol. The number of nitrogens with zero attached hydrogens (tertiary/aromatic N) is 2. The minimum Gasteiger partial charge on any atom is -0.554 e. The van der Waals surface area contributed by atoms with Crippen molar-refractivity contribution in [3.63, 3.8) is 0 Å². The van der Waals surface area contributed by atoms with Gasteiger partial charge in [-0.15, -0.1) is 11.3 Å². The van der Waals surface area contributed by atoms with Crippen LogP contribution in [0.4, 0.5) is 4.79 Å². The Hall–Kier alpha value is -2.36. The van der Waals surface area contributed by atoms with Crippen LogP contribution in [0.15, 0.2) is 40.3 Å². The smallest absolute Gasteiger partial charge is 0.411 e. The van der Waals surface area contributed by atoms with E-state index in [0.717, 1.165) is 54.3 Å². The Balaban J connectivity index is 0.000000913. The van der Waals surface area contributed by atoms with Crippen molar-refractivity contribution in [3.05, 3.63) is 46.5 Å². The van der Waals surface area contributed by atoms with Gasteiger partial charge in [0.2, 0.25) is 0 Å². The van der Waals surface area contributed by atoms with E-state index in [9.17, 15) is 4.79 Å². The number of carbonyl (C=O) groups is 2. The van der Waals surface area contributed by atoms with Crippen molar-refractivity contribution in [2.24, 2.45) is 5.92 Å². The van der Waals surface area contributed by atoms with Gasteiger partial charge in [0.25, 0.3) is 0 Å². The standard InChI is InChI=1S/C22H31N2O4S.CH2O2/c1-2-26-13-11-24-9-7-18(8-10-24)21(17-24)28-22(25)23(15-19-5-3-12-27-19)16-20-6-4-14-29-20;2-1-3/h3-6,12,14,18,21H,2,7-11,13,15-17H2,1H3;1H,(H,2,3)/q+1;/p-1/t18?,21-,24?;/m0./s1. The lowest BCUT2D eigenvalue weighted by atomic mass is 9.83. The molecule has 5 heterocycles. The molecule has 3 fully saturated rings. The van der Waals surface area contributed by atoms with E-state index < -0.39 is 6.47 Å². The van der Waals surface area contributed by atoms with Gasteiger partial charge in [0, 0.05) is 36.7 Å². The van der Waals surface area contributed by atoms with Crippen molar-refractivity contribution in [3.8, 4) is 0 Å². The second kappa shape index (κ2) is 12.0. The average Bonchev–Trinajstić information content (AvgIpc) is 3.49. The van der Waals surface area contributed by atoms with Gasteiger partial charge in [0.1, 0.15) is 18.8 Å². The molecule has 1 amide bonds. The summed E-state index contributed by atoms with van der Waals surface area (Å²) in [5, 5.41) is 10.3. The summed E-state index contributed by atoms with van der Waals surface area (Å²) in [5.74, 6) is 1.26. The lowest BCUT2D eigenvalue weighted by Crippen LogP contribution is -2.65. The number of ether oxygens (including phenoxy) is 2. The average molecular weight is 465 g/mol. The molecule has 2 bridgehead atoms. The van der Waals surface area contributed by atoms with Crippen LogP contribution in [-0.4, -0.2) is 67.4 Å². The summed E-state index contributed by atoms with van der Waals surface area (Å²) in [4.78, 5) is 24.3. The molecule has 2 aromatic heterocycles. The third kappa shape index (κ3) is 6.57. The fourth-order valence-electron chi connectivity index (χ4n) is 4.64. The van der Waals surface area contributed by atoms with Crippen LogP contribution in [0.1, 0.15) is 30.4 Å². The fourth-order valence-corrected chi connectivity index (χ4v) is 5.36. The number of thiophene rings is 1. The lowest BCUT2D eigenvalue weighted by molar-refractivity contribution is -0.946. The van der Waals surface area contributed by atoms with Crippen LogP contribution >= 0.6 is 11.3 Å². The second-order valence-electron chi connectivity index (χ2n) is 8.26. The van der Waals surface area contributed by atoms with Crippen molar-refractivity contribution in [2.75, 3.05) is 39.4 Å². The molecule has 9 heteroatoms. The van der Waals surface area contributed by atoms with E-state index in [0.29, 0.717) is 19.0 Å². The van der Waals surface area contributed by atoms with E-state index in [1.54, 1.807) is 22.5 Å². The molecule has 0 unspecified atom stereocenters. The molecule has 32 heavy (non-hydrogen) atoms. The quantitative estimate of drug-likeness (QED) is 0.322. The molecule has 0 aromatic carbocycles. The Labute approximate surface area is 192 Å². The highest BCUT2D eigenvalue weighted by Crippen LogP contribution is 2.35. The number of carboxylic acid groups (broad SMARTS) is 1. The first-order valence-electron chi connectivity index (χ1n) is 11.1. The van der Waals surface area contributed by atoms with Gasteiger partial charge in [0.15, 0.2) is 6.10 Å². The molecule has 176 valence electrons. The summed E-state index contributed by atoms with van der Waals surface area (Å²) in [6.45, 7) is 8.32. The number of fused-ring (bicyclic) bond motifs is 3. The Morgan fingerprint density at radius 1 is 1.31 bits per heavy atom. The minimum absolute atomic E-state index is 0.00550. The summed E-state index contributed by atoms with van der Waals surface area (Å²) in [6.07, 6.45) is 3.66. The first kappa shape index (κ1) is 24.3. The second-order valence-corrected chi connectivity index (χ2v) is 9.29. The number of hydrogen-bond donors (Lipinski definition) is 0. The molecule has 1 atom stereocenters. The molecule has 0 saturated carbocycles. The summed E-state index contributed by atoms with van der Waals surface area (Å²) < 4.78 is 18.2. The molecule has 0 N–H and O–H groups in total. The first-order chi connectivity index (χ1) is 15.6. The third-order valence-electron chi connectivity index (χ3n) is 6.32. The molecule has 0 spiro atoms. The van der Waals surface area contributed by atoms with Gasteiger partial charge < -0.3 is 28.3 Å². The molecule has 0 radical (unpaired) electrons. The van der Waals surface area contributed by atoms with Crippen molar-refractivity contribution in [2.45, 2.75) is 39.0 Å². The lowest BCUT2D eigenvalue weighted by Gasteiger charge is -2.52. The Kier molecular flexibility index (Phi) is 9.13. The van der Waals surface area contributed by atoms with Crippen molar-refractivity contribution in [1.82, 2.24) is 4.90 Å². The van der Waals surface area contributed by atoms with Crippen LogP contribution in [0.2, 0.25) is 0 Å². The first-order valence-corrected chi connectivity index (χ1v) is 12.0.